The number of alkyl halides is 3. The molecule has 1 saturated heterocycles. The quantitative estimate of drug-likeness (QED) is 0.539. The summed E-state index contributed by atoms with van der Waals surface area (Å²) in [5, 5.41) is 15.8. The zero-order valence-electron chi connectivity index (χ0n) is 15.8. The predicted octanol–water partition coefficient (Wildman–Crippen LogP) is 1.02. The van der Waals surface area contributed by atoms with Gasteiger partial charge in [-0.25, -0.2) is 4.79 Å². The molecule has 1 aromatic carbocycles. The minimum absolute atomic E-state index is 0.0458. The molecule has 1 heterocycles. The van der Waals surface area contributed by atoms with Crippen LogP contribution in [0.3, 0.4) is 0 Å². The molecule has 0 spiro atoms. The first-order chi connectivity index (χ1) is 13.7. The molecule has 1 amide bonds. The van der Waals surface area contributed by atoms with Crippen LogP contribution in [0.5, 0.6) is 11.5 Å². The molecule has 3 N–H and O–H groups in total. The summed E-state index contributed by atoms with van der Waals surface area (Å²) >= 11 is 0. The number of halogens is 3. The van der Waals surface area contributed by atoms with E-state index in [4.69, 9.17) is 9.47 Å². The van der Waals surface area contributed by atoms with Crippen molar-refractivity contribution in [1.29, 1.82) is 0 Å². The van der Waals surface area contributed by atoms with Gasteiger partial charge in [0, 0.05) is 17.7 Å². The molecule has 1 unspecified atom stereocenters. The molecule has 1 aliphatic heterocycles. The first-order valence-electron chi connectivity index (χ1n) is 8.94. The van der Waals surface area contributed by atoms with Crippen molar-refractivity contribution in [3.05, 3.63) is 23.8 Å². The number of hydrogen-bond donors (Lipinski definition) is 3. The van der Waals surface area contributed by atoms with Gasteiger partial charge in [-0.3, -0.25) is 4.79 Å². The van der Waals surface area contributed by atoms with Gasteiger partial charge in [0.15, 0.2) is 0 Å². The van der Waals surface area contributed by atoms with E-state index in [1.165, 1.54) is 25.3 Å². The highest BCUT2D eigenvalue weighted by molar-refractivity contribution is 5.95. The van der Waals surface area contributed by atoms with Crippen molar-refractivity contribution < 1.29 is 42.1 Å². The molecule has 8 nitrogen and oxygen atoms in total. The van der Waals surface area contributed by atoms with E-state index in [0.717, 1.165) is 25.9 Å². The normalized spacial score (nSPS) is 16.0. The van der Waals surface area contributed by atoms with Crippen LogP contribution in [0.2, 0.25) is 0 Å². The third-order valence-electron chi connectivity index (χ3n) is 4.13. The molecular formula is C18H23F3N2O6. The van der Waals surface area contributed by atoms with Crippen LogP contribution in [0, 0.1) is 0 Å². The number of esters is 1. The Morgan fingerprint density at radius 2 is 1.86 bits per heavy atom. The van der Waals surface area contributed by atoms with E-state index < -0.39 is 31.5 Å². The highest BCUT2D eigenvalue weighted by Crippen LogP contribution is 2.23. The fourth-order valence-electron chi connectivity index (χ4n) is 2.63. The van der Waals surface area contributed by atoms with Crippen LogP contribution < -0.4 is 20.1 Å². The Bertz CT molecular complexity index is 707. The molecule has 2 rings (SSSR count). The first-order valence-corrected chi connectivity index (χ1v) is 8.94. The maximum Gasteiger partial charge on any atom is 0.490 e. The smallest absolute Gasteiger partial charge is 0.490 e. The number of aliphatic hydroxyl groups is 1. The number of rotatable bonds is 8. The standard InChI is InChI=1S/C18H23F3N2O6/c1-27-14-6-11(16(25)23-12-2-4-22-5-3-12)7-15(8-14)28-9-13(24)10-29-17(26)18(19,20)21/h6-8,12-13,22,24H,2-5,9-10H2,1H3,(H,23,25). The van der Waals surface area contributed by atoms with Crippen molar-refractivity contribution in [2.24, 2.45) is 0 Å². The van der Waals surface area contributed by atoms with Crippen LogP contribution in [0.15, 0.2) is 18.2 Å². The Hall–Kier alpha value is -2.53. The van der Waals surface area contributed by atoms with E-state index in [2.05, 4.69) is 15.4 Å². The van der Waals surface area contributed by atoms with Crippen molar-refractivity contribution in [3.8, 4) is 11.5 Å². The number of piperidine rings is 1. The van der Waals surface area contributed by atoms with Gasteiger partial charge in [0.2, 0.25) is 0 Å². The number of carbonyl (C=O) groups is 2. The Morgan fingerprint density at radius 1 is 1.21 bits per heavy atom. The molecule has 11 heteroatoms. The molecule has 1 atom stereocenters. The van der Waals surface area contributed by atoms with Crippen molar-refractivity contribution >= 4 is 11.9 Å². The number of aliphatic hydroxyl groups excluding tert-OH is 1. The summed E-state index contributed by atoms with van der Waals surface area (Å²) in [7, 11) is 1.40. The lowest BCUT2D eigenvalue weighted by atomic mass is 10.1. The van der Waals surface area contributed by atoms with Crippen molar-refractivity contribution in [2.45, 2.75) is 31.2 Å². The highest BCUT2D eigenvalue weighted by Gasteiger charge is 2.41. The van der Waals surface area contributed by atoms with E-state index >= 15 is 0 Å². The van der Waals surface area contributed by atoms with Gasteiger partial charge in [-0.2, -0.15) is 13.2 Å². The van der Waals surface area contributed by atoms with Gasteiger partial charge < -0.3 is 30.0 Å². The molecule has 0 bridgehead atoms. The molecule has 29 heavy (non-hydrogen) atoms. The minimum atomic E-state index is -5.13. The van der Waals surface area contributed by atoms with E-state index in [-0.39, 0.29) is 23.3 Å². The van der Waals surface area contributed by atoms with Gasteiger partial charge in [0.05, 0.1) is 7.11 Å². The highest BCUT2D eigenvalue weighted by atomic mass is 19.4. The van der Waals surface area contributed by atoms with E-state index in [1.807, 2.05) is 0 Å². The van der Waals surface area contributed by atoms with Gasteiger partial charge in [-0.15, -0.1) is 0 Å². The lowest BCUT2D eigenvalue weighted by Crippen LogP contribution is -2.42. The minimum Gasteiger partial charge on any atom is -0.497 e. The number of ether oxygens (including phenoxy) is 3. The molecule has 162 valence electrons. The first kappa shape index (κ1) is 22.8. The topological polar surface area (TPSA) is 106 Å². The predicted molar refractivity (Wildman–Crippen MR) is 94.9 cm³/mol. The number of amides is 1. The van der Waals surface area contributed by atoms with Crippen molar-refractivity contribution in [1.82, 2.24) is 10.6 Å². The Kier molecular flexibility index (Phi) is 8.09. The lowest BCUT2D eigenvalue weighted by molar-refractivity contribution is -0.202. The molecule has 1 aliphatic rings. The second kappa shape index (κ2) is 10.3. The lowest BCUT2D eigenvalue weighted by Gasteiger charge is -2.23. The number of carbonyl (C=O) groups excluding carboxylic acids is 2. The largest absolute Gasteiger partial charge is 0.497 e. The third kappa shape index (κ3) is 7.42. The van der Waals surface area contributed by atoms with Crippen LogP contribution in [0.25, 0.3) is 0 Å². The average molecular weight is 420 g/mol. The van der Waals surface area contributed by atoms with Gasteiger partial charge in [-0.05, 0) is 38.1 Å². The third-order valence-corrected chi connectivity index (χ3v) is 4.13. The molecule has 1 fully saturated rings. The van der Waals surface area contributed by atoms with Gasteiger partial charge >= 0.3 is 12.1 Å². The van der Waals surface area contributed by atoms with E-state index in [1.54, 1.807) is 0 Å². The zero-order valence-corrected chi connectivity index (χ0v) is 15.8. The SMILES string of the molecule is COc1cc(OCC(O)COC(=O)C(F)(F)F)cc(C(=O)NC2CCNCC2)c1. The summed E-state index contributed by atoms with van der Waals surface area (Å²) in [5.41, 5.74) is 0.274. The molecular weight excluding hydrogens is 397 g/mol. The summed E-state index contributed by atoms with van der Waals surface area (Å²) in [6.07, 6.45) is -5.01. The molecule has 0 aliphatic carbocycles. The van der Waals surface area contributed by atoms with Gasteiger partial charge in [0.25, 0.3) is 5.91 Å². The second-order valence-electron chi connectivity index (χ2n) is 6.46. The van der Waals surface area contributed by atoms with Crippen molar-refractivity contribution in [2.75, 3.05) is 33.4 Å². The van der Waals surface area contributed by atoms with Gasteiger partial charge in [0.1, 0.15) is 30.8 Å². The monoisotopic (exact) mass is 420 g/mol. The Labute approximate surface area is 165 Å². The van der Waals surface area contributed by atoms with Crippen LogP contribution in [-0.4, -0.2) is 68.7 Å². The summed E-state index contributed by atoms with van der Waals surface area (Å²) < 4.78 is 50.6. The summed E-state index contributed by atoms with van der Waals surface area (Å²) in [6, 6.07) is 4.44. The van der Waals surface area contributed by atoms with Crippen LogP contribution in [-0.2, 0) is 9.53 Å². The van der Waals surface area contributed by atoms with E-state index in [0.29, 0.717) is 5.75 Å². The Balaban J connectivity index is 1.93. The summed E-state index contributed by atoms with van der Waals surface area (Å²) in [6.45, 7) is 0.293. The molecule has 0 saturated carbocycles. The molecule has 0 radical (unpaired) electrons. The van der Waals surface area contributed by atoms with Crippen LogP contribution in [0.4, 0.5) is 13.2 Å². The number of methoxy groups -OCH3 is 1. The molecule has 1 aromatic rings. The van der Waals surface area contributed by atoms with Gasteiger partial charge in [-0.1, -0.05) is 0 Å². The van der Waals surface area contributed by atoms with Crippen LogP contribution >= 0.6 is 0 Å². The maximum absolute atomic E-state index is 12.5. The summed E-state index contributed by atoms with van der Waals surface area (Å²) in [4.78, 5) is 23.1. The van der Waals surface area contributed by atoms with Crippen molar-refractivity contribution in [3.63, 3.8) is 0 Å². The summed E-state index contributed by atoms with van der Waals surface area (Å²) in [5.74, 6) is -2.22. The second-order valence-corrected chi connectivity index (χ2v) is 6.46. The van der Waals surface area contributed by atoms with E-state index in [9.17, 15) is 27.9 Å². The average Bonchev–Trinajstić information content (AvgIpc) is 2.70. The number of hydrogen-bond acceptors (Lipinski definition) is 7. The zero-order chi connectivity index (χ0) is 21.4. The fourth-order valence-corrected chi connectivity index (χ4v) is 2.63. The fraction of sp³-hybridized carbons (Fsp3) is 0.556. The number of nitrogens with one attached hydrogen (secondary N) is 2. The number of benzene rings is 1. The molecule has 0 aromatic heterocycles. The Morgan fingerprint density at radius 3 is 2.48 bits per heavy atom. The maximum atomic E-state index is 12.5. The van der Waals surface area contributed by atoms with Crippen LogP contribution in [0.1, 0.15) is 23.2 Å².